The first-order chi connectivity index (χ1) is 9.75. The van der Waals surface area contributed by atoms with Crippen molar-refractivity contribution in [3.8, 4) is 5.75 Å². The smallest absolute Gasteiger partial charge is 0.224 e. The average molecular weight is 270 g/mol. The minimum absolute atomic E-state index is 0.0560. The van der Waals surface area contributed by atoms with Crippen molar-refractivity contribution in [2.75, 3.05) is 17.7 Å². The molecule has 0 spiro atoms. The fourth-order valence-electron chi connectivity index (χ4n) is 1.76. The second-order valence-electron chi connectivity index (χ2n) is 4.40. The Morgan fingerprint density at radius 2 is 1.75 bits per heavy atom. The third kappa shape index (κ3) is 4.31. The van der Waals surface area contributed by atoms with Gasteiger partial charge in [0.2, 0.25) is 5.91 Å². The average Bonchev–Trinajstić information content (AvgIpc) is 2.47. The Labute approximate surface area is 118 Å². The summed E-state index contributed by atoms with van der Waals surface area (Å²) in [5.74, 6) is 0.764. The topological polar surface area (TPSA) is 64.3 Å². The monoisotopic (exact) mass is 270 g/mol. The van der Waals surface area contributed by atoms with Crippen molar-refractivity contribution in [3.63, 3.8) is 0 Å². The molecule has 2 aromatic carbocycles. The summed E-state index contributed by atoms with van der Waals surface area (Å²) >= 11 is 0. The Morgan fingerprint density at radius 1 is 1.05 bits per heavy atom. The van der Waals surface area contributed by atoms with Gasteiger partial charge in [0.05, 0.1) is 18.0 Å². The van der Waals surface area contributed by atoms with E-state index in [0.717, 1.165) is 5.75 Å². The quantitative estimate of drug-likeness (QED) is 0.626. The molecular weight excluding hydrogens is 252 g/mol. The van der Waals surface area contributed by atoms with Crippen LogP contribution < -0.4 is 15.8 Å². The fraction of sp³-hybridized carbons (Fsp3) is 0.188. The van der Waals surface area contributed by atoms with Gasteiger partial charge in [0.1, 0.15) is 5.75 Å². The lowest BCUT2D eigenvalue weighted by molar-refractivity contribution is -0.116. The van der Waals surface area contributed by atoms with Gasteiger partial charge in [-0.05, 0) is 30.7 Å². The minimum Gasteiger partial charge on any atom is -0.494 e. The van der Waals surface area contributed by atoms with E-state index in [-0.39, 0.29) is 5.91 Å². The molecule has 104 valence electrons. The number of rotatable bonds is 6. The number of nitrogen functional groups attached to an aromatic ring is 1. The second-order valence-corrected chi connectivity index (χ2v) is 4.40. The maximum Gasteiger partial charge on any atom is 0.224 e. The maximum absolute atomic E-state index is 11.8. The third-order valence-electron chi connectivity index (χ3n) is 2.79. The number of carbonyl (C=O) groups is 1. The number of benzene rings is 2. The summed E-state index contributed by atoms with van der Waals surface area (Å²) < 4.78 is 5.53. The molecule has 0 bridgehead atoms. The Kier molecular flexibility index (Phi) is 5.00. The zero-order valence-corrected chi connectivity index (χ0v) is 11.2. The zero-order chi connectivity index (χ0) is 14.2. The van der Waals surface area contributed by atoms with Crippen LogP contribution in [0.3, 0.4) is 0 Å². The summed E-state index contributed by atoms with van der Waals surface area (Å²) in [6.07, 6.45) is 1.06. The largest absolute Gasteiger partial charge is 0.494 e. The predicted octanol–water partition coefficient (Wildman–Crippen LogP) is 3.07. The van der Waals surface area contributed by atoms with E-state index in [9.17, 15) is 4.79 Å². The first-order valence-electron chi connectivity index (χ1n) is 6.58. The normalized spacial score (nSPS) is 10.0. The maximum atomic E-state index is 11.8. The molecule has 0 fully saturated rings. The lowest BCUT2D eigenvalue weighted by Gasteiger charge is -2.08. The van der Waals surface area contributed by atoms with Crippen molar-refractivity contribution in [1.29, 1.82) is 0 Å². The van der Waals surface area contributed by atoms with Crippen LogP contribution in [0.15, 0.2) is 54.6 Å². The molecule has 0 aliphatic rings. The van der Waals surface area contributed by atoms with Crippen molar-refractivity contribution in [1.82, 2.24) is 0 Å². The number of nitrogens with one attached hydrogen (secondary N) is 1. The molecular formula is C16H18N2O2. The number of anilines is 2. The van der Waals surface area contributed by atoms with Crippen molar-refractivity contribution in [2.45, 2.75) is 12.8 Å². The third-order valence-corrected chi connectivity index (χ3v) is 2.79. The van der Waals surface area contributed by atoms with Crippen LogP contribution in [-0.4, -0.2) is 12.5 Å². The van der Waals surface area contributed by atoms with Crippen molar-refractivity contribution < 1.29 is 9.53 Å². The molecule has 0 radical (unpaired) electrons. The van der Waals surface area contributed by atoms with E-state index in [1.807, 2.05) is 42.5 Å². The standard InChI is InChI=1S/C16H18N2O2/c17-14-9-4-5-10-15(14)18-16(19)11-6-12-20-13-7-2-1-3-8-13/h1-5,7-10H,6,11-12,17H2,(H,18,19). The van der Waals surface area contributed by atoms with E-state index in [1.165, 1.54) is 0 Å². The number of hydrogen-bond donors (Lipinski definition) is 2. The van der Waals surface area contributed by atoms with Crippen LogP contribution in [0.2, 0.25) is 0 Å². The summed E-state index contributed by atoms with van der Waals surface area (Å²) in [5.41, 5.74) is 6.99. The molecule has 0 saturated carbocycles. The molecule has 0 atom stereocenters. The Morgan fingerprint density at radius 3 is 2.50 bits per heavy atom. The zero-order valence-electron chi connectivity index (χ0n) is 11.2. The summed E-state index contributed by atoms with van der Waals surface area (Å²) in [7, 11) is 0. The molecule has 0 unspecified atom stereocenters. The van der Waals surface area contributed by atoms with Crippen molar-refractivity contribution >= 4 is 17.3 Å². The molecule has 0 aliphatic heterocycles. The number of ether oxygens (including phenoxy) is 1. The van der Waals surface area contributed by atoms with Gasteiger partial charge in [0, 0.05) is 6.42 Å². The highest BCUT2D eigenvalue weighted by Gasteiger charge is 2.04. The van der Waals surface area contributed by atoms with Crippen LogP contribution in [0.25, 0.3) is 0 Å². The van der Waals surface area contributed by atoms with Gasteiger partial charge in [-0.2, -0.15) is 0 Å². The van der Waals surface area contributed by atoms with Gasteiger partial charge in [-0.3, -0.25) is 4.79 Å². The van der Waals surface area contributed by atoms with Crippen LogP contribution in [0.1, 0.15) is 12.8 Å². The summed E-state index contributed by atoms with van der Waals surface area (Å²) in [6, 6.07) is 16.8. The van der Waals surface area contributed by atoms with E-state index >= 15 is 0 Å². The van der Waals surface area contributed by atoms with Crippen molar-refractivity contribution in [3.05, 3.63) is 54.6 Å². The number of nitrogens with two attached hydrogens (primary N) is 1. The van der Waals surface area contributed by atoms with E-state index < -0.39 is 0 Å². The molecule has 0 aromatic heterocycles. The number of amides is 1. The lowest BCUT2D eigenvalue weighted by Crippen LogP contribution is -2.13. The van der Waals surface area contributed by atoms with E-state index in [2.05, 4.69) is 5.32 Å². The Bertz CT molecular complexity index is 555. The summed E-state index contributed by atoms with van der Waals surface area (Å²) in [5, 5.41) is 2.79. The minimum atomic E-state index is -0.0560. The van der Waals surface area contributed by atoms with Gasteiger partial charge < -0.3 is 15.8 Å². The van der Waals surface area contributed by atoms with Gasteiger partial charge in [0.25, 0.3) is 0 Å². The molecule has 1 amide bonds. The molecule has 20 heavy (non-hydrogen) atoms. The SMILES string of the molecule is Nc1ccccc1NC(=O)CCCOc1ccccc1. The molecule has 2 aromatic rings. The molecule has 2 rings (SSSR count). The fourth-order valence-corrected chi connectivity index (χ4v) is 1.76. The van der Waals surface area contributed by atoms with Gasteiger partial charge in [-0.15, -0.1) is 0 Å². The van der Waals surface area contributed by atoms with Crippen LogP contribution in [0.5, 0.6) is 5.75 Å². The number of hydrogen-bond acceptors (Lipinski definition) is 3. The molecule has 4 nitrogen and oxygen atoms in total. The molecule has 3 N–H and O–H groups in total. The second kappa shape index (κ2) is 7.19. The van der Waals surface area contributed by atoms with E-state index in [1.54, 1.807) is 12.1 Å². The Balaban J connectivity index is 1.69. The predicted molar refractivity (Wildman–Crippen MR) is 80.7 cm³/mol. The van der Waals surface area contributed by atoms with Crippen LogP contribution in [0, 0.1) is 0 Å². The van der Waals surface area contributed by atoms with Crippen LogP contribution in [0.4, 0.5) is 11.4 Å². The Hall–Kier alpha value is -2.49. The van der Waals surface area contributed by atoms with Crippen LogP contribution >= 0.6 is 0 Å². The van der Waals surface area contributed by atoms with Crippen molar-refractivity contribution in [2.24, 2.45) is 0 Å². The summed E-state index contributed by atoms with van der Waals surface area (Å²) in [4.78, 5) is 11.8. The van der Waals surface area contributed by atoms with E-state index in [4.69, 9.17) is 10.5 Å². The van der Waals surface area contributed by atoms with Gasteiger partial charge in [0.15, 0.2) is 0 Å². The first-order valence-corrected chi connectivity index (χ1v) is 6.58. The van der Waals surface area contributed by atoms with Crippen LogP contribution in [-0.2, 0) is 4.79 Å². The number of carbonyl (C=O) groups excluding carboxylic acids is 1. The highest BCUT2D eigenvalue weighted by molar-refractivity contribution is 5.93. The summed E-state index contributed by atoms with van der Waals surface area (Å²) in [6.45, 7) is 0.516. The van der Waals surface area contributed by atoms with Gasteiger partial charge in [-0.1, -0.05) is 30.3 Å². The molecule has 0 heterocycles. The van der Waals surface area contributed by atoms with E-state index in [0.29, 0.717) is 30.8 Å². The molecule has 0 aliphatic carbocycles. The highest BCUT2D eigenvalue weighted by Crippen LogP contribution is 2.17. The highest BCUT2D eigenvalue weighted by atomic mass is 16.5. The number of para-hydroxylation sites is 3. The molecule has 0 saturated heterocycles. The first kappa shape index (κ1) is 13.9. The lowest BCUT2D eigenvalue weighted by atomic mass is 10.2. The van der Waals surface area contributed by atoms with Gasteiger partial charge >= 0.3 is 0 Å². The molecule has 4 heteroatoms. The van der Waals surface area contributed by atoms with Gasteiger partial charge in [-0.25, -0.2) is 0 Å².